The van der Waals surface area contributed by atoms with Crippen LogP contribution in [0.1, 0.15) is 46.5 Å². The van der Waals surface area contributed by atoms with E-state index in [1.165, 1.54) is 36.8 Å². The Morgan fingerprint density at radius 1 is 1.08 bits per heavy atom. The second-order valence-electron chi connectivity index (χ2n) is 3.98. The van der Waals surface area contributed by atoms with Gasteiger partial charge < -0.3 is 0 Å². The van der Waals surface area contributed by atoms with Crippen molar-refractivity contribution in [2.75, 3.05) is 0 Å². The van der Waals surface area contributed by atoms with Crippen molar-refractivity contribution >= 4 is 0 Å². The van der Waals surface area contributed by atoms with Crippen LogP contribution in [0.2, 0.25) is 0 Å². The second-order valence-corrected chi connectivity index (χ2v) is 3.98. The van der Waals surface area contributed by atoms with Crippen LogP contribution in [0, 0.1) is 5.92 Å². The normalized spacial score (nSPS) is 10.3. The van der Waals surface area contributed by atoms with Crippen LogP contribution in [0.4, 0.5) is 0 Å². The lowest BCUT2D eigenvalue weighted by molar-refractivity contribution is 0.472. The molecule has 0 heterocycles. The van der Waals surface area contributed by atoms with Gasteiger partial charge in [0.1, 0.15) is 0 Å². The first-order chi connectivity index (χ1) is 5.56. The van der Waals surface area contributed by atoms with Crippen molar-refractivity contribution in [1.29, 1.82) is 0 Å². The number of hydrogen-bond donors (Lipinski definition) is 0. The quantitative estimate of drug-likeness (QED) is 0.515. The van der Waals surface area contributed by atoms with Gasteiger partial charge in [-0.1, -0.05) is 30.9 Å². The summed E-state index contributed by atoms with van der Waals surface area (Å²) in [6.45, 7) is 14.4. The van der Waals surface area contributed by atoms with Crippen LogP contribution in [0.25, 0.3) is 0 Å². The molecule has 70 valence electrons. The molecule has 0 radical (unpaired) electrons. The summed E-state index contributed by atoms with van der Waals surface area (Å²) in [7, 11) is 0. The standard InChI is InChI=1S/C12H22/c1-6-7-12(8-10(2)3)9-11(4)5/h12H,2,4,6-9H2,1,3,5H3. The topological polar surface area (TPSA) is 0 Å². The van der Waals surface area contributed by atoms with Gasteiger partial charge in [-0.2, -0.15) is 0 Å². The van der Waals surface area contributed by atoms with E-state index in [2.05, 4.69) is 33.9 Å². The summed E-state index contributed by atoms with van der Waals surface area (Å²) in [6, 6.07) is 0. The highest BCUT2D eigenvalue weighted by Gasteiger charge is 2.07. The smallest absolute Gasteiger partial charge is 0.0294 e. The molecule has 0 saturated carbocycles. The Kier molecular flexibility index (Phi) is 5.79. The SMILES string of the molecule is C=C(C)CC(CCC)CC(=C)C. The Labute approximate surface area is 77.4 Å². The van der Waals surface area contributed by atoms with E-state index >= 15 is 0 Å². The van der Waals surface area contributed by atoms with Gasteiger partial charge in [0.15, 0.2) is 0 Å². The van der Waals surface area contributed by atoms with Gasteiger partial charge in [0.2, 0.25) is 0 Å². The largest absolute Gasteiger partial charge is 0.100 e. The Bertz CT molecular complexity index is 137. The molecule has 0 heteroatoms. The summed E-state index contributed by atoms with van der Waals surface area (Å²) in [5, 5.41) is 0. The van der Waals surface area contributed by atoms with E-state index in [4.69, 9.17) is 0 Å². The maximum absolute atomic E-state index is 3.95. The van der Waals surface area contributed by atoms with Crippen molar-refractivity contribution in [1.82, 2.24) is 0 Å². The van der Waals surface area contributed by atoms with Crippen molar-refractivity contribution in [3.8, 4) is 0 Å². The first-order valence-corrected chi connectivity index (χ1v) is 4.85. The molecule has 0 N–H and O–H groups in total. The third-order valence-corrected chi connectivity index (χ3v) is 1.97. The van der Waals surface area contributed by atoms with E-state index in [0.717, 1.165) is 5.92 Å². The first kappa shape index (κ1) is 11.5. The predicted octanol–water partition coefficient (Wildman–Crippen LogP) is 4.34. The lowest BCUT2D eigenvalue weighted by Gasteiger charge is -2.15. The fourth-order valence-corrected chi connectivity index (χ4v) is 1.67. The van der Waals surface area contributed by atoms with Crippen molar-refractivity contribution < 1.29 is 0 Å². The van der Waals surface area contributed by atoms with Gasteiger partial charge in [-0.25, -0.2) is 0 Å². The Hall–Kier alpha value is -0.520. The molecule has 0 fully saturated rings. The molecule has 0 bridgehead atoms. The summed E-state index contributed by atoms with van der Waals surface area (Å²) in [6.07, 6.45) is 4.91. The zero-order chi connectivity index (χ0) is 9.56. The minimum atomic E-state index is 0.782. The van der Waals surface area contributed by atoms with Crippen molar-refractivity contribution in [3.05, 3.63) is 24.3 Å². The highest BCUT2D eigenvalue weighted by molar-refractivity contribution is 4.96. The molecule has 0 unspecified atom stereocenters. The molecule has 0 atom stereocenters. The van der Waals surface area contributed by atoms with Crippen LogP contribution in [-0.4, -0.2) is 0 Å². The van der Waals surface area contributed by atoms with Gasteiger partial charge in [0, 0.05) is 0 Å². The van der Waals surface area contributed by atoms with Gasteiger partial charge >= 0.3 is 0 Å². The summed E-state index contributed by atoms with van der Waals surface area (Å²) in [5.41, 5.74) is 2.60. The zero-order valence-electron chi connectivity index (χ0n) is 8.82. The molecule has 0 amide bonds. The minimum absolute atomic E-state index is 0.782. The lowest BCUT2D eigenvalue weighted by atomic mass is 9.91. The summed E-state index contributed by atoms with van der Waals surface area (Å²) < 4.78 is 0. The fraction of sp³-hybridized carbons (Fsp3) is 0.667. The van der Waals surface area contributed by atoms with Crippen molar-refractivity contribution in [2.24, 2.45) is 5.92 Å². The van der Waals surface area contributed by atoms with Crippen molar-refractivity contribution in [2.45, 2.75) is 46.5 Å². The molecule has 0 aromatic heterocycles. The highest BCUT2D eigenvalue weighted by Crippen LogP contribution is 2.22. The molecule has 0 aromatic carbocycles. The third-order valence-electron chi connectivity index (χ3n) is 1.97. The van der Waals surface area contributed by atoms with Crippen LogP contribution in [0.3, 0.4) is 0 Å². The molecule has 0 nitrogen and oxygen atoms in total. The highest BCUT2D eigenvalue weighted by atomic mass is 14.1. The van der Waals surface area contributed by atoms with E-state index in [0.29, 0.717) is 0 Å². The van der Waals surface area contributed by atoms with E-state index in [9.17, 15) is 0 Å². The van der Waals surface area contributed by atoms with Gasteiger partial charge in [0.25, 0.3) is 0 Å². The van der Waals surface area contributed by atoms with Crippen LogP contribution < -0.4 is 0 Å². The third kappa shape index (κ3) is 6.21. The average Bonchev–Trinajstić information content (AvgIpc) is 1.84. The summed E-state index contributed by atoms with van der Waals surface area (Å²) >= 11 is 0. The van der Waals surface area contributed by atoms with E-state index in [1.807, 2.05) is 0 Å². The zero-order valence-corrected chi connectivity index (χ0v) is 8.82. The maximum atomic E-state index is 3.95. The summed E-state index contributed by atoms with van der Waals surface area (Å²) in [4.78, 5) is 0. The van der Waals surface area contributed by atoms with E-state index in [1.54, 1.807) is 0 Å². The fourth-order valence-electron chi connectivity index (χ4n) is 1.67. The van der Waals surface area contributed by atoms with Crippen LogP contribution in [-0.2, 0) is 0 Å². The van der Waals surface area contributed by atoms with Gasteiger partial charge in [0.05, 0.1) is 0 Å². The van der Waals surface area contributed by atoms with E-state index in [-0.39, 0.29) is 0 Å². The average molecular weight is 166 g/mol. The van der Waals surface area contributed by atoms with Gasteiger partial charge in [-0.05, 0) is 32.6 Å². The first-order valence-electron chi connectivity index (χ1n) is 4.85. The number of allylic oxidation sites excluding steroid dienone is 2. The molecule has 0 saturated heterocycles. The Morgan fingerprint density at radius 3 is 1.75 bits per heavy atom. The van der Waals surface area contributed by atoms with Crippen LogP contribution >= 0.6 is 0 Å². The lowest BCUT2D eigenvalue weighted by Crippen LogP contribution is -2.00. The predicted molar refractivity (Wildman–Crippen MR) is 57.3 cm³/mol. The number of hydrogen-bond acceptors (Lipinski definition) is 0. The maximum Gasteiger partial charge on any atom is -0.0294 e. The molecule has 0 aliphatic carbocycles. The van der Waals surface area contributed by atoms with Crippen molar-refractivity contribution in [3.63, 3.8) is 0 Å². The molecule has 0 rings (SSSR count). The number of rotatable bonds is 6. The molecule has 0 aliphatic heterocycles. The molecule has 12 heavy (non-hydrogen) atoms. The van der Waals surface area contributed by atoms with Gasteiger partial charge in [-0.3, -0.25) is 0 Å². The monoisotopic (exact) mass is 166 g/mol. The van der Waals surface area contributed by atoms with E-state index < -0.39 is 0 Å². The Balaban J connectivity index is 3.85. The molecule has 0 aromatic rings. The summed E-state index contributed by atoms with van der Waals surface area (Å²) in [5.74, 6) is 0.782. The molecular formula is C12H22. The molecular weight excluding hydrogens is 144 g/mol. The second kappa shape index (κ2) is 6.05. The Morgan fingerprint density at radius 2 is 1.50 bits per heavy atom. The molecule has 0 aliphatic rings. The van der Waals surface area contributed by atoms with Gasteiger partial charge in [-0.15, -0.1) is 13.2 Å². The van der Waals surface area contributed by atoms with Crippen LogP contribution in [0.15, 0.2) is 24.3 Å². The minimum Gasteiger partial charge on any atom is -0.100 e. The molecule has 0 spiro atoms. The van der Waals surface area contributed by atoms with Crippen LogP contribution in [0.5, 0.6) is 0 Å².